The van der Waals surface area contributed by atoms with E-state index in [0.717, 1.165) is 10.0 Å². The molecule has 0 radical (unpaired) electrons. The van der Waals surface area contributed by atoms with E-state index >= 15 is 0 Å². The molecule has 6 heteroatoms. The van der Waals surface area contributed by atoms with Gasteiger partial charge in [-0.15, -0.1) is 5.06 Å². The Hall–Kier alpha value is -1.69. The van der Waals surface area contributed by atoms with Crippen LogP contribution < -0.4 is 0 Å². The van der Waals surface area contributed by atoms with E-state index in [1.165, 1.54) is 0 Å². The first kappa shape index (κ1) is 12.8. The Kier molecular flexibility index (Phi) is 3.76. The number of benzene rings is 1. The summed E-state index contributed by atoms with van der Waals surface area (Å²) in [5.41, 5.74) is 0.752. The monoisotopic (exact) mass is 311 g/mol. The van der Waals surface area contributed by atoms with Crippen molar-refractivity contribution < 1.29 is 19.2 Å². The maximum atomic E-state index is 11.6. The summed E-state index contributed by atoms with van der Waals surface area (Å²) in [6.07, 6.45) is 0.221. The van der Waals surface area contributed by atoms with Crippen LogP contribution in [0.5, 0.6) is 0 Å². The first-order valence-electron chi connectivity index (χ1n) is 5.37. The molecule has 1 fully saturated rings. The van der Waals surface area contributed by atoms with Crippen molar-refractivity contribution in [2.24, 2.45) is 0 Å². The van der Waals surface area contributed by atoms with Gasteiger partial charge in [0.15, 0.2) is 0 Å². The zero-order chi connectivity index (χ0) is 13.1. The Labute approximate surface area is 112 Å². The van der Waals surface area contributed by atoms with Crippen LogP contribution >= 0.6 is 15.9 Å². The molecule has 1 aromatic rings. The predicted octanol–water partition coefficient (Wildman–Crippen LogP) is 1.60. The number of carbonyl (C=O) groups is 3. The van der Waals surface area contributed by atoms with E-state index in [-0.39, 0.29) is 19.3 Å². The lowest BCUT2D eigenvalue weighted by Gasteiger charge is -2.12. The van der Waals surface area contributed by atoms with Crippen molar-refractivity contribution in [2.45, 2.75) is 19.3 Å². The fraction of sp³-hybridized carbons (Fsp3) is 0.250. The van der Waals surface area contributed by atoms with Crippen molar-refractivity contribution in [3.8, 4) is 0 Å². The molecular weight excluding hydrogens is 302 g/mol. The summed E-state index contributed by atoms with van der Waals surface area (Å²) >= 11 is 3.28. The van der Waals surface area contributed by atoms with Crippen LogP contribution in [0.15, 0.2) is 28.7 Å². The predicted molar refractivity (Wildman–Crippen MR) is 65.0 cm³/mol. The van der Waals surface area contributed by atoms with Crippen LogP contribution in [0.25, 0.3) is 0 Å². The smallest absolute Gasteiger partial charge is 0.330 e. The number of rotatable bonds is 3. The number of nitrogens with zero attached hydrogens (tertiary/aromatic N) is 1. The van der Waals surface area contributed by atoms with Crippen molar-refractivity contribution in [1.29, 1.82) is 0 Å². The summed E-state index contributed by atoms with van der Waals surface area (Å²) < 4.78 is 0.907. The Morgan fingerprint density at radius 2 is 1.72 bits per heavy atom. The van der Waals surface area contributed by atoms with E-state index in [1.807, 2.05) is 0 Å². The maximum Gasteiger partial charge on any atom is 0.337 e. The summed E-state index contributed by atoms with van der Waals surface area (Å²) in [6.45, 7) is 0. The molecule has 0 unspecified atom stereocenters. The average Bonchev–Trinajstić information content (AvgIpc) is 2.64. The third kappa shape index (κ3) is 2.95. The minimum absolute atomic E-state index is 0.0182. The lowest BCUT2D eigenvalue weighted by Crippen LogP contribution is -2.32. The zero-order valence-electron chi connectivity index (χ0n) is 9.39. The summed E-state index contributed by atoms with van der Waals surface area (Å²) in [4.78, 5) is 38.8. The van der Waals surface area contributed by atoms with Crippen LogP contribution in [0.4, 0.5) is 0 Å². The molecule has 1 aliphatic rings. The maximum absolute atomic E-state index is 11.6. The molecule has 0 saturated carbocycles. The number of amides is 2. The fourth-order valence-corrected chi connectivity index (χ4v) is 1.83. The van der Waals surface area contributed by atoms with Crippen molar-refractivity contribution in [3.05, 3.63) is 34.3 Å². The van der Waals surface area contributed by atoms with Gasteiger partial charge in [-0.2, -0.15) is 0 Å². The normalized spacial score (nSPS) is 15.1. The van der Waals surface area contributed by atoms with Gasteiger partial charge in [0.1, 0.15) is 0 Å². The molecule has 94 valence electrons. The molecule has 2 rings (SSSR count). The second-order valence-electron chi connectivity index (χ2n) is 3.85. The summed E-state index contributed by atoms with van der Waals surface area (Å²) in [5.74, 6) is -1.56. The third-order valence-electron chi connectivity index (χ3n) is 2.46. The van der Waals surface area contributed by atoms with Gasteiger partial charge in [-0.25, -0.2) is 4.79 Å². The molecule has 2 amide bonds. The number of hydrogen-bond donors (Lipinski definition) is 0. The molecule has 0 aromatic heterocycles. The van der Waals surface area contributed by atoms with E-state index in [2.05, 4.69) is 15.9 Å². The van der Waals surface area contributed by atoms with E-state index < -0.39 is 17.8 Å². The Balaban J connectivity index is 1.94. The van der Waals surface area contributed by atoms with E-state index in [1.54, 1.807) is 24.3 Å². The average molecular weight is 312 g/mol. The fourth-order valence-electron chi connectivity index (χ4n) is 1.56. The Bertz CT molecular complexity index is 481. The summed E-state index contributed by atoms with van der Waals surface area (Å²) in [5, 5.41) is 0.557. The zero-order valence-corrected chi connectivity index (χ0v) is 11.0. The second-order valence-corrected chi connectivity index (χ2v) is 4.76. The number of imide groups is 1. The third-order valence-corrected chi connectivity index (χ3v) is 2.99. The van der Waals surface area contributed by atoms with Gasteiger partial charge in [-0.1, -0.05) is 28.1 Å². The van der Waals surface area contributed by atoms with Crippen molar-refractivity contribution in [1.82, 2.24) is 5.06 Å². The van der Waals surface area contributed by atoms with Gasteiger partial charge in [-0.05, 0) is 17.7 Å². The highest BCUT2D eigenvalue weighted by molar-refractivity contribution is 9.10. The topological polar surface area (TPSA) is 63.7 Å². The summed E-state index contributed by atoms with van der Waals surface area (Å²) in [6, 6.07) is 7.13. The quantitative estimate of drug-likeness (QED) is 0.795. The van der Waals surface area contributed by atoms with Gasteiger partial charge in [0.2, 0.25) is 0 Å². The van der Waals surface area contributed by atoms with E-state index in [0.29, 0.717) is 5.06 Å². The highest BCUT2D eigenvalue weighted by Gasteiger charge is 2.32. The van der Waals surface area contributed by atoms with Gasteiger partial charge in [0, 0.05) is 17.3 Å². The number of hydrogen-bond acceptors (Lipinski definition) is 4. The molecule has 1 aliphatic heterocycles. The lowest BCUT2D eigenvalue weighted by atomic mass is 10.2. The van der Waals surface area contributed by atoms with Crippen molar-refractivity contribution >= 4 is 33.7 Å². The largest absolute Gasteiger partial charge is 0.337 e. The van der Waals surface area contributed by atoms with Gasteiger partial charge < -0.3 is 4.84 Å². The van der Waals surface area contributed by atoms with Crippen molar-refractivity contribution in [3.63, 3.8) is 0 Å². The van der Waals surface area contributed by atoms with Gasteiger partial charge in [0.25, 0.3) is 11.8 Å². The molecule has 0 atom stereocenters. The van der Waals surface area contributed by atoms with Crippen LogP contribution in [0.3, 0.4) is 0 Å². The SMILES string of the molecule is O=C(Cc1ccc(Br)cc1)ON1C(=O)CCC1=O. The van der Waals surface area contributed by atoms with Gasteiger partial charge in [0.05, 0.1) is 6.42 Å². The number of carbonyl (C=O) groups excluding carboxylic acids is 3. The highest BCUT2D eigenvalue weighted by atomic mass is 79.9. The van der Waals surface area contributed by atoms with Crippen LogP contribution in [0.1, 0.15) is 18.4 Å². The molecule has 1 saturated heterocycles. The molecule has 18 heavy (non-hydrogen) atoms. The van der Waals surface area contributed by atoms with Crippen LogP contribution in [-0.2, 0) is 25.6 Å². The lowest BCUT2D eigenvalue weighted by molar-refractivity contribution is -0.197. The second kappa shape index (κ2) is 5.30. The number of halogens is 1. The first-order chi connectivity index (χ1) is 8.56. The molecule has 1 heterocycles. The molecule has 5 nitrogen and oxygen atoms in total. The van der Waals surface area contributed by atoms with Gasteiger partial charge in [-0.3, -0.25) is 9.59 Å². The highest BCUT2D eigenvalue weighted by Crippen LogP contribution is 2.14. The number of hydroxylamine groups is 2. The Morgan fingerprint density at radius 1 is 1.17 bits per heavy atom. The molecule has 1 aromatic carbocycles. The van der Waals surface area contributed by atoms with Crippen LogP contribution in [0, 0.1) is 0 Å². The molecule has 0 aliphatic carbocycles. The first-order valence-corrected chi connectivity index (χ1v) is 6.16. The molecule has 0 spiro atoms. The Morgan fingerprint density at radius 3 is 2.28 bits per heavy atom. The van der Waals surface area contributed by atoms with E-state index in [9.17, 15) is 14.4 Å². The molecule has 0 N–H and O–H groups in total. The van der Waals surface area contributed by atoms with Gasteiger partial charge >= 0.3 is 5.97 Å². The van der Waals surface area contributed by atoms with Crippen molar-refractivity contribution in [2.75, 3.05) is 0 Å². The minimum atomic E-state index is -0.624. The van der Waals surface area contributed by atoms with Crippen LogP contribution in [0.2, 0.25) is 0 Å². The molecule has 0 bridgehead atoms. The van der Waals surface area contributed by atoms with Crippen LogP contribution in [-0.4, -0.2) is 22.8 Å². The summed E-state index contributed by atoms with van der Waals surface area (Å²) in [7, 11) is 0. The molecular formula is C12H10BrNO4. The minimum Gasteiger partial charge on any atom is -0.330 e. The van der Waals surface area contributed by atoms with E-state index in [4.69, 9.17) is 4.84 Å². The standard InChI is InChI=1S/C12H10BrNO4/c13-9-3-1-8(2-4-9)7-12(17)18-14-10(15)5-6-11(14)16/h1-4H,5-7H2.